The molecule has 0 saturated heterocycles. The summed E-state index contributed by atoms with van der Waals surface area (Å²) in [7, 11) is 0. The third-order valence-electron chi connectivity index (χ3n) is 4.23. The minimum atomic E-state index is -0.237. The molecular formula is C21H18ClN5OS. The van der Waals surface area contributed by atoms with Crippen LogP contribution in [0.25, 0.3) is 5.78 Å². The van der Waals surface area contributed by atoms with Crippen LogP contribution >= 0.6 is 23.4 Å². The van der Waals surface area contributed by atoms with Crippen LogP contribution in [0, 0.1) is 0 Å². The maximum Gasteiger partial charge on any atom is 0.257 e. The van der Waals surface area contributed by atoms with Crippen LogP contribution in [0.4, 0.5) is 5.69 Å². The van der Waals surface area contributed by atoms with E-state index in [1.165, 1.54) is 6.33 Å². The van der Waals surface area contributed by atoms with Crippen molar-refractivity contribution in [3.8, 4) is 0 Å². The number of carbonyl (C=O) groups excluding carboxylic acids is 1. The van der Waals surface area contributed by atoms with E-state index < -0.39 is 0 Å². The SMILES string of the molecule is CCCc1cc(Sc2ccc(NC(=O)c3ccccc3Cl)cc2)n2ncnc2n1. The molecule has 4 rings (SSSR count). The lowest BCUT2D eigenvalue weighted by Crippen LogP contribution is -2.12. The molecule has 0 bridgehead atoms. The highest BCUT2D eigenvalue weighted by atomic mass is 35.5. The molecule has 4 aromatic rings. The molecule has 2 aromatic carbocycles. The predicted octanol–water partition coefficient (Wildman–Crippen LogP) is 5.13. The molecule has 8 heteroatoms. The number of halogens is 1. The summed E-state index contributed by atoms with van der Waals surface area (Å²) in [6, 6.07) is 16.7. The number of benzene rings is 2. The first-order valence-electron chi connectivity index (χ1n) is 9.17. The van der Waals surface area contributed by atoms with Crippen molar-refractivity contribution in [1.82, 2.24) is 19.6 Å². The largest absolute Gasteiger partial charge is 0.322 e. The highest BCUT2D eigenvalue weighted by Crippen LogP contribution is 2.29. The molecule has 0 atom stereocenters. The minimum Gasteiger partial charge on any atom is -0.322 e. The second-order valence-electron chi connectivity index (χ2n) is 6.37. The van der Waals surface area contributed by atoms with E-state index in [1.807, 2.05) is 30.3 Å². The van der Waals surface area contributed by atoms with Crippen LogP contribution in [0.5, 0.6) is 0 Å². The number of anilines is 1. The Hall–Kier alpha value is -2.90. The molecule has 146 valence electrons. The number of nitrogens with one attached hydrogen (secondary N) is 1. The number of amides is 1. The Morgan fingerprint density at radius 3 is 2.72 bits per heavy atom. The molecule has 1 N–H and O–H groups in total. The van der Waals surface area contributed by atoms with Crippen LogP contribution in [0.15, 0.2) is 70.8 Å². The van der Waals surface area contributed by atoms with Crippen molar-refractivity contribution in [1.29, 1.82) is 0 Å². The number of rotatable bonds is 6. The second-order valence-corrected chi connectivity index (χ2v) is 7.87. The van der Waals surface area contributed by atoms with E-state index in [2.05, 4.69) is 27.3 Å². The van der Waals surface area contributed by atoms with Crippen molar-refractivity contribution in [2.45, 2.75) is 29.7 Å². The van der Waals surface area contributed by atoms with Crippen LogP contribution in [-0.4, -0.2) is 25.5 Å². The number of fused-ring (bicyclic) bond motifs is 1. The molecule has 0 aliphatic carbocycles. The van der Waals surface area contributed by atoms with Gasteiger partial charge in [0.15, 0.2) is 0 Å². The van der Waals surface area contributed by atoms with Crippen LogP contribution in [0.1, 0.15) is 29.4 Å². The maximum atomic E-state index is 12.4. The Labute approximate surface area is 177 Å². The average Bonchev–Trinajstić information content (AvgIpc) is 3.19. The summed E-state index contributed by atoms with van der Waals surface area (Å²) < 4.78 is 1.73. The summed E-state index contributed by atoms with van der Waals surface area (Å²) in [5.74, 6) is 0.362. The lowest BCUT2D eigenvalue weighted by molar-refractivity contribution is 0.102. The van der Waals surface area contributed by atoms with Gasteiger partial charge in [0.1, 0.15) is 11.4 Å². The molecule has 0 saturated carbocycles. The van der Waals surface area contributed by atoms with Crippen LogP contribution < -0.4 is 5.32 Å². The smallest absolute Gasteiger partial charge is 0.257 e. The summed E-state index contributed by atoms with van der Waals surface area (Å²) in [4.78, 5) is 22.2. The zero-order valence-corrected chi connectivity index (χ0v) is 17.2. The van der Waals surface area contributed by atoms with Gasteiger partial charge in [0.05, 0.1) is 10.6 Å². The average molecular weight is 424 g/mol. The Bertz CT molecular complexity index is 1160. The summed E-state index contributed by atoms with van der Waals surface area (Å²) in [6.45, 7) is 2.12. The van der Waals surface area contributed by atoms with Gasteiger partial charge in [0, 0.05) is 16.3 Å². The molecular weight excluding hydrogens is 406 g/mol. The molecule has 0 unspecified atom stereocenters. The first-order valence-corrected chi connectivity index (χ1v) is 10.4. The number of hydrogen-bond acceptors (Lipinski definition) is 5. The zero-order valence-electron chi connectivity index (χ0n) is 15.7. The molecule has 29 heavy (non-hydrogen) atoms. The highest BCUT2D eigenvalue weighted by Gasteiger charge is 2.11. The summed E-state index contributed by atoms with van der Waals surface area (Å²) in [5.41, 5.74) is 2.15. The third-order valence-corrected chi connectivity index (χ3v) is 5.57. The number of nitrogens with zero attached hydrogens (tertiary/aromatic N) is 4. The second kappa shape index (κ2) is 8.63. The Balaban J connectivity index is 1.52. The standard InChI is InChI=1S/C21H18ClN5OS/c1-2-5-15-12-19(27-21(26-15)23-13-24-27)29-16-10-8-14(9-11-16)25-20(28)17-6-3-4-7-18(17)22/h3-4,6-13H,2,5H2,1H3,(H,25,28). The molecule has 0 aliphatic rings. The van der Waals surface area contributed by atoms with Crippen molar-refractivity contribution >= 4 is 40.7 Å². The molecule has 2 heterocycles. The highest BCUT2D eigenvalue weighted by molar-refractivity contribution is 7.99. The topological polar surface area (TPSA) is 72.2 Å². The number of carbonyl (C=O) groups is 1. The summed E-state index contributed by atoms with van der Waals surface area (Å²) in [5, 5.41) is 8.51. The zero-order chi connectivity index (χ0) is 20.2. The number of hydrogen-bond donors (Lipinski definition) is 1. The summed E-state index contributed by atoms with van der Waals surface area (Å²) in [6.07, 6.45) is 3.42. The quantitative estimate of drug-likeness (QED) is 0.435. The van der Waals surface area contributed by atoms with Crippen LogP contribution in [-0.2, 0) is 6.42 Å². The maximum absolute atomic E-state index is 12.4. The lowest BCUT2D eigenvalue weighted by atomic mass is 10.2. The van der Waals surface area contributed by atoms with Crippen molar-refractivity contribution in [2.75, 3.05) is 5.32 Å². The van der Waals surface area contributed by atoms with Gasteiger partial charge < -0.3 is 5.32 Å². The molecule has 2 aromatic heterocycles. The van der Waals surface area contributed by atoms with Crippen molar-refractivity contribution in [3.63, 3.8) is 0 Å². The van der Waals surface area contributed by atoms with E-state index in [4.69, 9.17) is 11.6 Å². The third kappa shape index (κ3) is 4.41. The monoisotopic (exact) mass is 423 g/mol. The summed E-state index contributed by atoms with van der Waals surface area (Å²) >= 11 is 7.67. The van der Waals surface area contributed by atoms with Gasteiger partial charge >= 0.3 is 0 Å². The Kier molecular flexibility index (Phi) is 5.78. The fourth-order valence-corrected chi connectivity index (χ4v) is 4.00. The Morgan fingerprint density at radius 2 is 1.97 bits per heavy atom. The predicted molar refractivity (Wildman–Crippen MR) is 115 cm³/mol. The van der Waals surface area contributed by atoms with Gasteiger partial charge in [-0.25, -0.2) is 4.98 Å². The molecule has 0 fully saturated rings. The van der Waals surface area contributed by atoms with Crippen molar-refractivity contribution in [2.24, 2.45) is 0 Å². The first kappa shape index (κ1) is 19.4. The van der Waals surface area contributed by atoms with Gasteiger partial charge in [-0.1, -0.05) is 48.8 Å². The van der Waals surface area contributed by atoms with Crippen LogP contribution in [0.2, 0.25) is 5.02 Å². The van der Waals surface area contributed by atoms with Gasteiger partial charge in [-0.3, -0.25) is 4.79 Å². The minimum absolute atomic E-state index is 0.237. The number of aryl methyl sites for hydroxylation is 1. The Morgan fingerprint density at radius 1 is 1.17 bits per heavy atom. The van der Waals surface area contributed by atoms with E-state index in [1.54, 1.807) is 40.5 Å². The van der Waals surface area contributed by atoms with Gasteiger partial charge in [-0.2, -0.15) is 14.6 Å². The van der Waals surface area contributed by atoms with E-state index in [9.17, 15) is 4.79 Å². The molecule has 6 nitrogen and oxygen atoms in total. The molecule has 0 aliphatic heterocycles. The van der Waals surface area contributed by atoms with Gasteiger partial charge in [0.25, 0.3) is 11.7 Å². The fraction of sp³-hybridized carbons (Fsp3) is 0.143. The van der Waals surface area contributed by atoms with E-state index in [0.717, 1.165) is 28.5 Å². The van der Waals surface area contributed by atoms with Crippen LogP contribution in [0.3, 0.4) is 0 Å². The van der Waals surface area contributed by atoms with Crippen molar-refractivity contribution in [3.05, 3.63) is 77.2 Å². The lowest BCUT2D eigenvalue weighted by Gasteiger charge is -2.09. The normalized spacial score (nSPS) is 11.0. The van der Waals surface area contributed by atoms with Gasteiger partial charge in [-0.15, -0.1) is 0 Å². The van der Waals surface area contributed by atoms with E-state index in [-0.39, 0.29) is 5.91 Å². The number of aromatic nitrogens is 4. The fourth-order valence-electron chi connectivity index (χ4n) is 2.86. The molecule has 0 spiro atoms. The van der Waals surface area contributed by atoms with E-state index in [0.29, 0.717) is 22.1 Å². The molecule has 0 radical (unpaired) electrons. The molecule has 1 amide bonds. The van der Waals surface area contributed by atoms with Gasteiger partial charge in [-0.05, 0) is 48.9 Å². The first-order chi connectivity index (χ1) is 14.1. The van der Waals surface area contributed by atoms with E-state index >= 15 is 0 Å². The van der Waals surface area contributed by atoms with Gasteiger partial charge in [0.2, 0.25) is 0 Å². The van der Waals surface area contributed by atoms with Crippen molar-refractivity contribution < 1.29 is 4.79 Å².